The molecule has 0 bridgehead atoms. The molecule has 0 saturated carbocycles. The van der Waals surface area contributed by atoms with Crippen molar-refractivity contribution < 1.29 is 19.3 Å². The van der Waals surface area contributed by atoms with Gasteiger partial charge in [0.25, 0.3) is 0 Å². The molecular weight excluding hydrogens is 232 g/mol. The van der Waals surface area contributed by atoms with Crippen LogP contribution in [0, 0.1) is 0 Å². The topological polar surface area (TPSA) is 47.9 Å². The number of ether oxygens (including phenoxy) is 3. The summed E-state index contributed by atoms with van der Waals surface area (Å²) in [6, 6.07) is 5.49. The van der Waals surface area contributed by atoms with Crippen molar-refractivity contribution in [2.75, 3.05) is 19.8 Å². The van der Waals surface area contributed by atoms with Crippen LogP contribution in [0.5, 0.6) is 11.5 Å². The van der Waals surface area contributed by atoms with Crippen LogP contribution in [-0.2, 0) is 11.3 Å². The lowest BCUT2D eigenvalue weighted by atomic mass is 10.2. The van der Waals surface area contributed by atoms with Gasteiger partial charge in [0.05, 0.1) is 19.3 Å². The van der Waals surface area contributed by atoms with Crippen molar-refractivity contribution >= 4 is 0 Å². The minimum Gasteiger partial charge on any atom is -0.490 e. The van der Waals surface area contributed by atoms with Crippen molar-refractivity contribution in [3.8, 4) is 11.5 Å². The average molecular weight is 252 g/mol. The summed E-state index contributed by atoms with van der Waals surface area (Å²) in [7, 11) is 0. The smallest absolute Gasteiger partial charge is 0.161 e. The van der Waals surface area contributed by atoms with Crippen LogP contribution < -0.4 is 9.47 Å². The first-order valence-electron chi connectivity index (χ1n) is 6.44. The fraction of sp³-hybridized carbons (Fsp3) is 0.571. The zero-order valence-electron chi connectivity index (χ0n) is 10.7. The van der Waals surface area contributed by atoms with Crippen LogP contribution in [0.25, 0.3) is 0 Å². The Morgan fingerprint density at radius 3 is 2.89 bits per heavy atom. The van der Waals surface area contributed by atoms with E-state index in [4.69, 9.17) is 19.3 Å². The Hall–Kier alpha value is -1.26. The maximum absolute atomic E-state index is 9.11. The maximum Gasteiger partial charge on any atom is 0.161 e. The molecule has 1 unspecified atom stereocenters. The van der Waals surface area contributed by atoms with E-state index < -0.39 is 0 Å². The lowest BCUT2D eigenvalue weighted by Crippen LogP contribution is -2.16. The second-order valence-corrected chi connectivity index (χ2v) is 4.32. The molecule has 0 spiro atoms. The van der Waals surface area contributed by atoms with E-state index in [-0.39, 0.29) is 12.7 Å². The molecule has 100 valence electrons. The van der Waals surface area contributed by atoms with Crippen molar-refractivity contribution in [2.45, 2.75) is 32.5 Å². The van der Waals surface area contributed by atoms with Gasteiger partial charge >= 0.3 is 0 Å². The molecule has 1 heterocycles. The van der Waals surface area contributed by atoms with E-state index in [0.29, 0.717) is 24.7 Å². The van der Waals surface area contributed by atoms with Gasteiger partial charge in [0.15, 0.2) is 11.5 Å². The number of aliphatic hydroxyl groups is 1. The molecule has 4 heteroatoms. The van der Waals surface area contributed by atoms with Crippen LogP contribution in [0.2, 0.25) is 0 Å². The fourth-order valence-corrected chi connectivity index (χ4v) is 2.00. The summed E-state index contributed by atoms with van der Waals surface area (Å²) in [4.78, 5) is 0. The zero-order valence-corrected chi connectivity index (χ0v) is 10.7. The largest absolute Gasteiger partial charge is 0.490 e. The summed E-state index contributed by atoms with van der Waals surface area (Å²) >= 11 is 0. The van der Waals surface area contributed by atoms with Crippen LogP contribution in [-0.4, -0.2) is 31.0 Å². The van der Waals surface area contributed by atoms with E-state index >= 15 is 0 Å². The van der Waals surface area contributed by atoms with Gasteiger partial charge in [-0.05, 0) is 37.5 Å². The van der Waals surface area contributed by atoms with E-state index in [9.17, 15) is 0 Å². The molecular formula is C14H20O4. The maximum atomic E-state index is 9.11. The van der Waals surface area contributed by atoms with E-state index in [1.807, 2.05) is 25.1 Å². The van der Waals surface area contributed by atoms with Gasteiger partial charge in [-0.1, -0.05) is 6.07 Å². The minimum atomic E-state index is 0.00604. The third kappa shape index (κ3) is 3.37. The number of hydrogen-bond acceptors (Lipinski definition) is 4. The molecule has 0 radical (unpaired) electrons. The molecule has 1 saturated heterocycles. The van der Waals surface area contributed by atoms with Gasteiger partial charge < -0.3 is 19.3 Å². The molecule has 0 aliphatic carbocycles. The molecule has 18 heavy (non-hydrogen) atoms. The molecule has 0 amide bonds. The van der Waals surface area contributed by atoms with Crippen molar-refractivity contribution in [1.29, 1.82) is 0 Å². The molecule has 1 aliphatic heterocycles. The van der Waals surface area contributed by atoms with Crippen LogP contribution in [0.4, 0.5) is 0 Å². The van der Waals surface area contributed by atoms with Gasteiger partial charge in [-0.15, -0.1) is 0 Å². The molecule has 0 aromatic heterocycles. The SMILES string of the molecule is CCOc1cc(CO)ccc1OCC1CCCO1. The van der Waals surface area contributed by atoms with Crippen molar-refractivity contribution in [3.63, 3.8) is 0 Å². The summed E-state index contributed by atoms with van der Waals surface area (Å²) in [5.74, 6) is 1.39. The molecule has 2 rings (SSSR count). The Kier molecular flexibility index (Phi) is 4.84. The minimum absolute atomic E-state index is 0.00604. The lowest BCUT2D eigenvalue weighted by molar-refractivity contribution is 0.0667. The Balaban J connectivity index is 2.00. The second kappa shape index (κ2) is 6.61. The number of hydrogen-bond donors (Lipinski definition) is 1. The normalized spacial score (nSPS) is 18.9. The highest BCUT2D eigenvalue weighted by atomic mass is 16.5. The zero-order chi connectivity index (χ0) is 12.8. The van der Waals surface area contributed by atoms with Gasteiger partial charge in [-0.25, -0.2) is 0 Å². The van der Waals surface area contributed by atoms with Crippen molar-refractivity contribution in [1.82, 2.24) is 0 Å². The monoisotopic (exact) mass is 252 g/mol. The van der Waals surface area contributed by atoms with Gasteiger partial charge in [-0.3, -0.25) is 0 Å². The molecule has 1 atom stereocenters. The van der Waals surface area contributed by atoms with Crippen molar-refractivity contribution in [2.24, 2.45) is 0 Å². The van der Waals surface area contributed by atoms with Gasteiger partial charge in [0, 0.05) is 6.61 Å². The average Bonchev–Trinajstić information content (AvgIpc) is 2.90. The first-order valence-corrected chi connectivity index (χ1v) is 6.44. The summed E-state index contributed by atoms with van der Waals surface area (Å²) in [6.07, 6.45) is 2.35. The molecule has 1 aromatic rings. The van der Waals surface area contributed by atoms with E-state index in [0.717, 1.165) is 25.0 Å². The van der Waals surface area contributed by atoms with Crippen LogP contribution in [0.1, 0.15) is 25.3 Å². The lowest BCUT2D eigenvalue weighted by Gasteiger charge is -2.15. The standard InChI is InChI=1S/C14H20O4/c1-2-16-14-8-11(9-15)5-6-13(14)18-10-12-4-3-7-17-12/h5-6,8,12,15H,2-4,7,9-10H2,1H3. The Labute approximate surface area is 107 Å². The Morgan fingerprint density at radius 1 is 1.33 bits per heavy atom. The van der Waals surface area contributed by atoms with E-state index in [2.05, 4.69) is 0 Å². The fourth-order valence-electron chi connectivity index (χ4n) is 2.00. The van der Waals surface area contributed by atoms with Crippen molar-refractivity contribution in [3.05, 3.63) is 23.8 Å². The summed E-state index contributed by atoms with van der Waals surface area (Å²) in [5.41, 5.74) is 0.822. The third-order valence-electron chi connectivity index (χ3n) is 2.94. The van der Waals surface area contributed by atoms with Crippen LogP contribution >= 0.6 is 0 Å². The van der Waals surface area contributed by atoms with Crippen LogP contribution in [0.15, 0.2) is 18.2 Å². The molecule has 1 aliphatic rings. The highest BCUT2D eigenvalue weighted by Gasteiger charge is 2.17. The molecule has 1 N–H and O–H groups in total. The third-order valence-corrected chi connectivity index (χ3v) is 2.94. The predicted octanol–water partition coefficient (Wildman–Crippen LogP) is 2.14. The number of rotatable bonds is 6. The highest BCUT2D eigenvalue weighted by Crippen LogP contribution is 2.29. The summed E-state index contributed by atoms with van der Waals surface area (Å²) in [6.45, 7) is 3.89. The number of benzene rings is 1. The van der Waals surface area contributed by atoms with Gasteiger partial charge in [0.2, 0.25) is 0 Å². The van der Waals surface area contributed by atoms with E-state index in [1.165, 1.54) is 0 Å². The second-order valence-electron chi connectivity index (χ2n) is 4.32. The Bertz CT molecular complexity index is 372. The summed E-state index contributed by atoms with van der Waals surface area (Å²) < 4.78 is 16.8. The Morgan fingerprint density at radius 2 is 2.22 bits per heavy atom. The van der Waals surface area contributed by atoms with E-state index in [1.54, 1.807) is 0 Å². The highest BCUT2D eigenvalue weighted by molar-refractivity contribution is 5.42. The first kappa shape index (κ1) is 13.2. The summed E-state index contributed by atoms with van der Waals surface area (Å²) in [5, 5.41) is 9.11. The molecule has 1 aromatic carbocycles. The van der Waals surface area contributed by atoms with Gasteiger partial charge in [-0.2, -0.15) is 0 Å². The molecule has 1 fully saturated rings. The van der Waals surface area contributed by atoms with Crippen LogP contribution in [0.3, 0.4) is 0 Å². The first-order chi connectivity index (χ1) is 8.83. The predicted molar refractivity (Wildman–Crippen MR) is 68.0 cm³/mol. The quantitative estimate of drug-likeness (QED) is 0.842. The van der Waals surface area contributed by atoms with Gasteiger partial charge in [0.1, 0.15) is 6.61 Å². The number of aliphatic hydroxyl groups excluding tert-OH is 1. The molecule has 4 nitrogen and oxygen atoms in total.